The first-order valence-corrected chi connectivity index (χ1v) is 6.47. The summed E-state index contributed by atoms with van der Waals surface area (Å²) in [5, 5.41) is 14.0. The van der Waals surface area contributed by atoms with Gasteiger partial charge in [-0.15, -0.1) is 0 Å². The molecule has 0 saturated heterocycles. The van der Waals surface area contributed by atoms with Crippen LogP contribution in [0, 0.1) is 0 Å². The Morgan fingerprint density at radius 1 is 1.40 bits per heavy atom. The van der Waals surface area contributed by atoms with Gasteiger partial charge < -0.3 is 21.5 Å². The van der Waals surface area contributed by atoms with E-state index < -0.39 is 23.9 Å². The van der Waals surface area contributed by atoms with Gasteiger partial charge in [-0.1, -0.05) is 0 Å². The molecule has 1 atom stereocenters. The van der Waals surface area contributed by atoms with Gasteiger partial charge in [-0.05, 0) is 41.1 Å². The first kappa shape index (κ1) is 16.0. The number of carboxylic acids is 1. The number of amides is 3. The summed E-state index contributed by atoms with van der Waals surface area (Å²) in [7, 11) is 0. The zero-order valence-corrected chi connectivity index (χ0v) is 12.2. The van der Waals surface area contributed by atoms with Crippen LogP contribution in [-0.4, -0.2) is 29.1 Å². The largest absolute Gasteiger partial charge is 0.478 e. The normalized spacial score (nSPS) is 11.5. The van der Waals surface area contributed by atoms with Crippen LogP contribution in [0.2, 0.25) is 0 Å². The van der Waals surface area contributed by atoms with Crippen molar-refractivity contribution in [2.75, 3.05) is 5.32 Å². The number of urea groups is 1. The maximum atomic E-state index is 11.6. The zero-order chi connectivity index (χ0) is 15.3. The summed E-state index contributed by atoms with van der Waals surface area (Å²) in [5.41, 5.74) is 5.37. The summed E-state index contributed by atoms with van der Waals surface area (Å²) in [6.45, 7) is 1.63. The van der Waals surface area contributed by atoms with Gasteiger partial charge in [0, 0.05) is 22.6 Å². The van der Waals surface area contributed by atoms with Crippen LogP contribution in [0.4, 0.5) is 10.5 Å². The second-order valence-electron chi connectivity index (χ2n) is 4.17. The predicted octanol–water partition coefficient (Wildman–Crippen LogP) is 1.53. The Morgan fingerprint density at radius 2 is 2.05 bits per heavy atom. The van der Waals surface area contributed by atoms with E-state index in [0.717, 1.165) is 0 Å². The predicted molar refractivity (Wildman–Crippen MR) is 76.5 cm³/mol. The average molecular weight is 344 g/mol. The molecular formula is C12H14BrN3O4. The Labute approximate surface area is 123 Å². The highest BCUT2D eigenvalue weighted by Crippen LogP contribution is 2.21. The van der Waals surface area contributed by atoms with Crippen molar-refractivity contribution in [1.29, 1.82) is 0 Å². The van der Waals surface area contributed by atoms with Crippen molar-refractivity contribution in [2.45, 2.75) is 19.4 Å². The van der Waals surface area contributed by atoms with Crippen LogP contribution in [0.1, 0.15) is 23.7 Å². The highest BCUT2D eigenvalue weighted by atomic mass is 79.9. The van der Waals surface area contributed by atoms with Crippen molar-refractivity contribution in [3.63, 3.8) is 0 Å². The lowest BCUT2D eigenvalue weighted by molar-refractivity contribution is -0.118. The fraction of sp³-hybridized carbons (Fsp3) is 0.250. The van der Waals surface area contributed by atoms with Crippen LogP contribution in [-0.2, 0) is 4.79 Å². The van der Waals surface area contributed by atoms with Gasteiger partial charge in [0.1, 0.15) is 0 Å². The lowest BCUT2D eigenvalue weighted by Gasteiger charge is -2.13. The fourth-order valence-corrected chi connectivity index (χ4v) is 1.93. The fourth-order valence-electron chi connectivity index (χ4n) is 1.51. The Hall–Kier alpha value is -2.09. The van der Waals surface area contributed by atoms with Gasteiger partial charge in [-0.2, -0.15) is 0 Å². The van der Waals surface area contributed by atoms with Gasteiger partial charge >= 0.3 is 12.0 Å². The number of benzene rings is 1. The monoisotopic (exact) mass is 343 g/mol. The summed E-state index contributed by atoms with van der Waals surface area (Å²) in [5.74, 6) is -1.63. The van der Waals surface area contributed by atoms with Crippen LogP contribution >= 0.6 is 15.9 Å². The van der Waals surface area contributed by atoms with Gasteiger partial charge in [-0.25, -0.2) is 9.59 Å². The minimum atomic E-state index is -1.11. The van der Waals surface area contributed by atoms with E-state index >= 15 is 0 Å². The zero-order valence-electron chi connectivity index (χ0n) is 10.6. The van der Waals surface area contributed by atoms with Crippen molar-refractivity contribution < 1.29 is 19.5 Å². The standard InChI is InChI=1S/C12H14BrN3O4/c1-6(4-10(14)17)15-12(20)16-7-2-3-9(13)8(5-7)11(18)19/h2-3,5-6H,4H2,1H3,(H2,14,17)(H,18,19)(H2,15,16,20). The number of hydrogen-bond donors (Lipinski definition) is 4. The Morgan fingerprint density at radius 3 is 2.60 bits per heavy atom. The molecule has 0 aliphatic heterocycles. The molecule has 108 valence electrons. The number of carboxylic acid groups (broad SMARTS) is 1. The van der Waals surface area contributed by atoms with Crippen LogP contribution in [0.5, 0.6) is 0 Å². The Bertz CT molecular complexity index is 548. The molecule has 0 spiro atoms. The molecule has 7 nitrogen and oxygen atoms in total. The molecular weight excluding hydrogens is 330 g/mol. The van der Waals surface area contributed by atoms with Gasteiger partial charge in [0.05, 0.1) is 5.56 Å². The van der Waals surface area contributed by atoms with Crippen molar-refractivity contribution in [2.24, 2.45) is 5.73 Å². The molecule has 20 heavy (non-hydrogen) atoms. The number of aromatic carboxylic acids is 1. The minimum absolute atomic E-state index is 0.0220. The molecule has 0 bridgehead atoms. The first-order valence-electron chi connectivity index (χ1n) is 5.68. The second kappa shape index (κ2) is 6.90. The molecule has 1 unspecified atom stereocenters. The van der Waals surface area contributed by atoms with Gasteiger partial charge in [0.2, 0.25) is 5.91 Å². The maximum absolute atomic E-state index is 11.6. The second-order valence-corrected chi connectivity index (χ2v) is 5.02. The van der Waals surface area contributed by atoms with Gasteiger partial charge in [-0.3, -0.25) is 4.79 Å². The number of rotatable bonds is 5. The van der Waals surface area contributed by atoms with E-state index in [0.29, 0.717) is 10.2 Å². The van der Waals surface area contributed by atoms with Crippen LogP contribution in [0.25, 0.3) is 0 Å². The topological polar surface area (TPSA) is 122 Å². The van der Waals surface area contributed by atoms with Crippen molar-refractivity contribution in [3.05, 3.63) is 28.2 Å². The van der Waals surface area contributed by atoms with E-state index in [2.05, 4.69) is 26.6 Å². The smallest absolute Gasteiger partial charge is 0.336 e. The van der Waals surface area contributed by atoms with Gasteiger partial charge in [0.25, 0.3) is 0 Å². The third-order valence-corrected chi connectivity index (χ3v) is 3.03. The Kier molecular flexibility index (Phi) is 5.51. The number of carbonyl (C=O) groups is 3. The molecule has 0 aliphatic carbocycles. The summed E-state index contributed by atoms with van der Waals surface area (Å²) in [4.78, 5) is 33.3. The van der Waals surface area contributed by atoms with Crippen molar-refractivity contribution in [3.8, 4) is 0 Å². The minimum Gasteiger partial charge on any atom is -0.478 e. The van der Waals surface area contributed by atoms with E-state index in [9.17, 15) is 14.4 Å². The molecule has 0 fully saturated rings. The summed E-state index contributed by atoms with van der Waals surface area (Å²) < 4.78 is 0.415. The third kappa shape index (κ3) is 4.88. The molecule has 8 heteroatoms. The number of halogens is 1. The Balaban J connectivity index is 2.69. The number of nitrogens with two attached hydrogens (primary N) is 1. The summed E-state index contributed by atoms with van der Waals surface area (Å²) in [6, 6.07) is 3.44. The summed E-state index contributed by atoms with van der Waals surface area (Å²) in [6.07, 6.45) is 0.0220. The highest BCUT2D eigenvalue weighted by Gasteiger charge is 2.12. The molecule has 1 rings (SSSR count). The molecule has 1 aromatic rings. The third-order valence-electron chi connectivity index (χ3n) is 2.34. The molecule has 0 aliphatic rings. The molecule has 0 radical (unpaired) electrons. The molecule has 0 saturated carbocycles. The quantitative estimate of drug-likeness (QED) is 0.647. The van der Waals surface area contributed by atoms with Crippen molar-refractivity contribution >= 4 is 39.5 Å². The highest BCUT2D eigenvalue weighted by molar-refractivity contribution is 9.10. The average Bonchev–Trinajstić information content (AvgIpc) is 2.29. The molecule has 3 amide bonds. The molecule has 0 heterocycles. The van der Waals surface area contributed by atoms with Crippen LogP contribution < -0.4 is 16.4 Å². The number of hydrogen-bond acceptors (Lipinski definition) is 3. The molecule has 0 aromatic heterocycles. The van der Waals surface area contributed by atoms with E-state index in [4.69, 9.17) is 10.8 Å². The number of primary amides is 1. The van der Waals surface area contributed by atoms with E-state index in [1.807, 2.05) is 0 Å². The summed E-state index contributed by atoms with van der Waals surface area (Å²) >= 11 is 3.10. The lowest BCUT2D eigenvalue weighted by atomic mass is 10.2. The van der Waals surface area contributed by atoms with E-state index in [1.165, 1.54) is 12.1 Å². The SMILES string of the molecule is CC(CC(N)=O)NC(=O)Nc1ccc(Br)c(C(=O)O)c1. The molecule has 1 aromatic carbocycles. The van der Waals surface area contributed by atoms with Crippen LogP contribution in [0.3, 0.4) is 0 Å². The van der Waals surface area contributed by atoms with Crippen LogP contribution in [0.15, 0.2) is 22.7 Å². The lowest BCUT2D eigenvalue weighted by Crippen LogP contribution is -2.38. The molecule has 5 N–H and O–H groups in total. The van der Waals surface area contributed by atoms with E-state index in [-0.39, 0.29) is 12.0 Å². The number of carbonyl (C=O) groups excluding carboxylic acids is 2. The van der Waals surface area contributed by atoms with E-state index in [1.54, 1.807) is 13.0 Å². The van der Waals surface area contributed by atoms with Gasteiger partial charge in [0.15, 0.2) is 0 Å². The number of anilines is 1. The maximum Gasteiger partial charge on any atom is 0.336 e. The van der Waals surface area contributed by atoms with Crippen molar-refractivity contribution in [1.82, 2.24) is 5.32 Å². The number of nitrogens with one attached hydrogen (secondary N) is 2. The first-order chi connectivity index (χ1) is 9.29.